The Kier molecular flexibility index (Phi) is 5.68. The molecule has 7 heteroatoms. The number of hydrogen-bond acceptors (Lipinski definition) is 5. The van der Waals surface area contributed by atoms with Gasteiger partial charge in [-0.1, -0.05) is 56.5 Å². The van der Waals surface area contributed by atoms with Crippen molar-refractivity contribution in [3.05, 3.63) is 35.9 Å². The maximum atomic E-state index is 13.0. The molecule has 3 rings (SSSR count). The monoisotopic (exact) mass is 383 g/mol. The van der Waals surface area contributed by atoms with Crippen LogP contribution in [0.3, 0.4) is 0 Å². The second-order valence-electron chi connectivity index (χ2n) is 7.56. The largest absolute Gasteiger partial charge is 0.463 e. The van der Waals surface area contributed by atoms with Gasteiger partial charge in [-0.2, -0.15) is 5.26 Å². The summed E-state index contributed by atoms with van der Waals surface area (Å²) in [6.45, 7) is 1.36. The number of rotatable bonds is 6. The lowest BCUT2D eigenvalue weighted by molar-refractivity contribution is -0.150. The molecule has 2 aliphatic rings. The topological polar surface area (TPSA) is 99.5 Å². The summed E-state index contributed by atoms with van der Waals surface area (Å²) in [7, 11) is 0. The summed E-state index contributed by atoms with van der Waals surface area (Å²) < 4.78 is 5.31. The van der Waals surface area contributed by atoms with Crippen molar-refractivity contribution in [3.63, 3.8) is 0 Å². The highest BCUT2D eigenvalue weighted by atomic mass is 16.5. The van der Waals surface area contributed by atoms with Gasteiger partial charge in [-0.15, -0.1) is 0 Å². The second-order valence-corrected chi connectivity index (χ2v) is 7.56. The number of ether oxygens (including phenoxy) is 1. The Labute approximate surface area is 164 Å². The van der Waals surface area contributed by atoms with Crippen molar-refractivity contribution in [1.82, 2.24) is 10.2 Å². The quantitative estimate of drug-likeness (QED) is 0.601. The number of nitriles is 1. The molecule has 0 radical (unpaired) electrons. The lowest BCUT2D eigenvalue weighted by atomic mass is 9.76. The van der Waals surface area contributed by atoms with E-state index in [-0.39, 0.29) is 6.61 Å². The summed E-state index contributed by atoms with van der Waals surface area (Å²) in [6.07, 6.45) is 4.73. The fourth-order valence-corrected chi connectivity index (χ4v) is 4.04. The summed E-state index contributed by atoms with van der Waals surface area (Å²) >= 11 is 0. The average Bonchev–Trinajstić information content (AvgIpc) is 2.98. The normalized spacial score (nSPS) is 23.8. The highest BCUT2D eigenvalue weighted by Crippen LogP contribution is 2.36. The molecule has 1 aromatic rings. The lowest BCUT2D eigenvalue weighted by Gasteiger charge is -2.30. The molecule has 7 nitrogen and oxygen atoms in total. The van der Waals surface area contributed by atoms with Crippen LogP contribution in [0.2, 0.25) is 0 Å². The molecule has 1 unspecified atom stereocenters. The van der Waals surface area contributed by atoms with Gasteiger partial charge in [0.15, 0.2) is 0 Å². The minimum Gasteiger partial charge on any atom is -0.463 e. The Hall–Kier alpha value is -2.88. The van der Waals surface area contributed by atoms with Crippen LogP contribution in [0.1, 0.15) is 51.0 Å². The molecule has 1 atom stereocenters. The van der Waals surface area contributed by atoms with E-state index in [1.807, 2.05) is 13.0 Å². The van der Waals surface area contributed by atoms with E-state index in [9.17, 15) is 19.6 Å². The van der Waals surface area contributed by atoms with Gasteiger partial charge in [0.05, 0.1) is 11.5 Å². The zero-order valence-corrected chi connectivity index (χ0v) is 16.1. The smallest absolute Gasteiger partial charge is 0.326 e. The van der Waals surface area contributed by atoms with Gasteiger partial charge in [-0.25, -0.2) is 4.79 Å². The first-order valence-electron chi connectivity index (χ1n) is 9.73. The first kappa shape index (κ1) is 19.9. The number of hydrogen-bond donors (Lipinski definition) is 1. The van der Waals surface area contributed by atoms with Gasteiger partial charge in [0.25, 0.3) is 5.91 Å². The first-order valence-corrected chi connectivity index (χ1v) is 9.73. The molecule has 1 heterocycles. The molecule has 0 spiro atoms. The SMILES string of the molecule is CCC1(c2ccccc2)NC(=O)N(CC(=O)OCC2(C#N)CCCCC2)C1=O. The maximum Gasteiger partial charge on any atom is 0.326 e. The highest BCUT2D eigenvalue weighted by Gasteiger charge is 2.51. The Balaban J connectivity index is 1.67. The number of amides is 3. The van der Waals surface area contributed by atoms with Crippen molar-refractivity contribution in [1.29, 1.82) is 5.26 Å². The third kappa shape index (κ3) is 3.59. The number of esters is 1. The molecular weight excluding hydrogens is 358 g/mol. The van der Waals surface area contributed by atoms with Crippen molar-refractivity contribution in [2.24, 2.45) is 5.41 Å². The van der Waals surface area contributed by atoms with Crippen LogP contribution < -0.4 is 5.32 Å². The Bertz CT molecular complexity index is 796. The summed E-state index contributed by atoms with van der Waals surface area (Å²) in [5, 5.41) is 12.2. The second kappa shape index (κ2) is 8.01. The van der Waals surface area contributed by atoms with Gasteiger partial charge in [0.1, 0.15) is 18.7 Å². The van der Waals surface area contributed by atoms with Gasteiger partial charge >= 0.3 is 12.0 Å². The molecule has 2 fully saturated rings. The minimum atomic E-state index is -1.17. The Morgan fingerprint density at radius 2 is 1.89 bits per heavy atom. The van der Waals surface area contributed by atoms with E-state index in [1.165, 1.54) is 0 Å². The third-order valence-corrected chi connectivity index (χ3v) is 5.82. The summed E-state index contributed by atoms with van der Waals surface area (Å²) in [5.41, 5.74) is -1.14. The zero-order valence-electron chi connectivity index (χ0n) is 16.1. The van der Waals surface area contributed by atoms with E-state index in [0.29, 0.717) is 24.8 Å². The van der Waals surface area contributed by atoms with E-state index in [0.717, 1.165) is 24.2 Å². The van der Waals surface area contributed by atoms with Gasteiger partial charge in [0, 0.05) is 0 Å². The molecule has 1 aromatic carbocycles. The fourth-order valence-electron chi connectivity index (χ4n) is 4.04. The molecule has 1 N–H and O–H groups in total. The van der Waals surface area contributed by atoms with E-state index in [1.54, 1.807) is 24.3 Å². The van der Waals surface area contributed by atoms with Crippen molar-refractivity contribution >= 4 is 17.9 Å². The average molecular weight is 383 g/mol. The summed E-state index contributed by atoms with van der Waals surface area (Å²) in [5.74, 6) is -1.14. The number of imide groups is 1. The van der Waals surface area contributed by atoms with Crippen LogP contribution in [0, 0.1) is 16.7 Å². The van der Waals surface area contributed by atoms with Gasteiger partial charge < -0.3 is 10.1 Å². The zero-order chi connectivity index (χ0) is 20.2. The number of carbonyl (C=O) groups excluding carboxylic acids is 3. The minimum absolute atomic E-state index is 0.00356. The molecule has 148 valence electrons. The summed E-state index contributed by atoms with van der Waals surface area (Å²) in [4.78, 5) is 38.7. The molecule has 1 aliphatic carbocycles. The van der Waals surface area contributed by atoms with Crippen LogP contribution in [0.25, 0.3) is 0 Å². The number of urea groups is 1. The molecule has 1 saturated heterocycles. The molecule has 3 amide bonds. The fraction of sp³-hybridized carbons (Fsp3) is 0.524. The van der Waals surface area contributed by atoms with Crippen LogP contribution in [0.4, 0.5) is 4.79 Å². The molecular formula is C21H25N3O4. The van der Waals surface area contributed by atoms with E-state index in [4.69, 9.17) is 4.74 Å². The summed E-state index contributed by atoms with van der Waals surface area (Å²) in [6, 6.07) is 10.7. The van der Waals surface area contributed by atoms with Crippen LogP contribution >= 0.6 is 0 Å². The lowest BCUT2D eigenvalue weighted by Crippen LogP contribution is -2.44. The number of carbonyl (C=O) groups is 3. The molecule has 28 heavy (non-hydrogen) atoms. The Morgan fingerprint density at radius 3 is 2.50 bits per heavy atom. The van der Waals surface area contributed by atoms with Gasteiger partial charge in [-0.3, -0.25) is 14.5 Å². The number of benzene rings is 1. The van der Waals surface area contributed by atoms with Crippen molar-refractivity contribution in [3.8, 4) is 6.07 Å². The first-order chi connectivity index (χ1) is 13.5. The van der Waals surface area contributed by atoms with Crippen molar-refractivity contribution < 1.29 is 19.1 Å². The van der Waals surface area contributed by atoms with Gasteiger partial charge in [0.2, 0.25) is 0 Å². The third-order valence-electron chi connectivity index (χ3n) is 5.82. The molecule has 0 bridgehead atoms. The van der Waals surface area contributed by atoms with E-state index >= 15 is 0 Å². The molecule has 1 saturated carbocycles. The van der Waals surface area contributed by atoms with Crippen molar-refractivity contribution in [2.45, 2.75) is 51.0 Å². The predicted molar refractivity (Wildman–Crippen MR) is 101 cm³/mol. The van der Waals surface area contributed by atoms with Crippen LogP contribution in [0.5, 0.6) is 0 Å². The maximum absolute atomic E-state index is 13.0. The number of nitrogens with zero attached hydrogens (tertiary/aromatic N) is 2. The van der Waals surface area contributed by atoms with Crippen LogP contribution in [0.15, 0.2) is 30.3 Å². The van der Waals surface area contributed by atoms with Crippen molar-refractivity contribution in [2.75, 3.05) is 13.2 Å². The van der Waals surface area contributed by atoms with Crippen LogP contribution in [-0.2, 0) is 19.9 Å². The standard InChI is InChI=1S/C21H25N3O4/c1-2-21(16-9-5-3-6-10-16)18(26)24(19(27)23-21)13-17(25)28-15-20(14-22)11-7-4-8-12-20/h3,5-6,9-10H,2,4,7-8,11-13,15H2,1H3,(H,23,27). The predicted octanol–water partition coefficient (Wildman–Crippen LogP) is 2.86. The van der Waals surface area contributed by atoms with Crippen LogP contribution in [-0.4, -0.2) is 36.0 Å². The number of nitrogens with one attached hydrogen (secondary N) is 1. The molecule has 1 aliphatic heterocycles. The highest BCUT2D eigenvalue weighted by molar-refractivity contribution is 6.09. The molecule has 0 aromatic heterocycles. The van der Waals surface area contributed by atoms with E-state index in [2.05, 4.69) is 11.4 Å². The van der Waals surface area contributed by atoms with Gasteiger partial charge in [-0.05, 0) is 24.8 Å². The van der Waals surface area contributed by atoms with E-state index < -0.39 is 35.4 Å². The Morgan fingerprint density at radius 1 is 1.21 bits per heavy atom.